The summed E-state index contributed by atoms with van der Waals surface area (Å²) in [5, 5.41) is 10.3. The predicted molar refractivity (Wildman–Crippen MR) is 251 cm³/mol. The van der Waals surface area contributed by atoms with Crippen LogP contribution in [0.3, 0.4) is 0 Å². The Balaban J connectivity index is 1.05. The maximum absolute atomic E-state index is 6.80. The first-order valence-corrected chi connectivity index (χ1v) is 23.6. The van der Waals surface area contributed by atoms with E-state index in [1.807, 2.05) is 0 Å². The summed E-state index contributed by atoms with van der Waals surface area (Å²) < 4.78 is 13.6. The molecule has 0 unspecified atom stereocenters. The van der Waals surface area contributed by atoms with E-state index in [2.05, 4.69) is 155 Å². The van der Waals surface area contributed by atoms with E-state index in [1.165, 1.54) is 113 Å². The van der Waals surface area contributed by atoms with Crippen molar-refractivity contribution < 1.29 is 9.47 Å². The zero-order valence-electron chi connectivity index (χ0n) is 36.2. The third-order valence-electron chi connectivity index (χ3n) is 13.7. The number of unbranched alkanes of at least 4 members (excludes halogenated alkanes) is 6. The SMILES string of the molecule is CCCCCCOc1cc(-c2ccc(N3C4CCC(CC4)N3c3ccccc3)cc2)c(OCCCCCC)cc1-c1ccc(N2C3CCC(CC3)N2c2ccccc2)cc1. The summed E-state index contributed by atoms with van der Waals surface area (Å²) in [6, 6.07) is 47.2. The van der Waals surface area contributed by atoms with Gasteiger partial charge in [0, 0.05) is 11.1 Å². The number of hydrogen-bond acceptors (Lipinski definition) is 6. The molecule has 0 spiro atoms. The van der Waals surface area contributed by atoms with Crippen molar-refractivity contribution in [2.75, 3.05) is 33.2 Å². The summed E-state index contributed by atoms with van der Waals surface area (Å²) in [6.45, 7) is 5.95. The van der Waals surface area contributed by atoms with Crippen LogP contribution in [0.2, 0.25) is 0 Å². The zero-order chi connectivity index (χ0) is 40.7. The number of para-hydroxylation sites is 2. The van der Waals surface area contributed by atoms with Gasteiger partial charge in [0.25, 0.3) is 0 Å². The number of ether oxygens (including phenoxy) is 2. The van der Waals surface area contributed by atoms with Crippen LogP contribution in [0.4, 0.5) is 22.7 Å². The lowest BCUT2D eigenvalue weighted by Crippen LogP contribution is -2.62. The van der Waals surface area contributed by atoms with Crippen molar-refractivity contribution >= 4 is 22.7 Å². The van der Waals surface area contributed by atoms with E-state index in [9.17, 15) is 0 Å². The molecule has 6 nitrogen and oxygen atoms in total. The van der Waals surface area contributed by atoms with Crippen molar-refractivity contribution in [2.24, 2.45) is 0 Å². The fourth-order valence-electron chi connectivity index (χ4n) is 10.6. The van der Waals surface area contributed by atoms with Gasteiger partial charge in [-0.3, -0.25) is 20.0 Å². The third kappa shape index (κ3) is 8.58. The van der Waals surface area contributed by atoms with Crippen LogP contribution in [-0.4, -0.2) is 37.4 Å². The first-order valence-electron chi connectivity index (χ1n) is 23.6. The molecule has 4 bridgehead atoms. The van der Waals surface area contributed by atoms with Crippen LogP contribution in [-0.2, 0) is 0 Å². The molecule has 0 N–H and O–H groups in total. The molecule has 0 radical (unpaired) electrons. The second kappa shape index (κ2) is 19.1. The highest BCUT2D eigenvalue weighted by atomic mass is 16.5. The molecule has 0 atom stereocenters. The molecule has 4 heterocycles. The third-order valence-corrected chi connectivity index (χ3v) is 13.7. The van der Waals surface area contributed by atoms with Gasteiger partial charge in [0.1, 0.15) is 11.5 Å². The predicted octanol–water partition coefficient (Wildman–Crippen LogP) is 14.0. The molecule has 5 aromatic carbocycles. The highest BCUT2D eigenvalue weighted by Crippen LogP contribution is 2.46. The molecule has 2 aliphatic carbocycles. The fourth-order valence-corrected chi connectivity index (χ4v) is 10.6. The average molecular weight is 803 g/mol. The monoisotopic (exact) mass is 803 g/mol. The number of hydrogen-bond donors (Lipinski definition) is 0. The van der Waals surface area contributed by atoms with Crippen molar-refractivity contribution in [3.63, 3.8) is 0 Å². The summed E-state index contributed by atoms with van der Waals surface area (Å²) >= 11 is 0. The van der Waals surface area contributed by atoms with E-state index in [0.717, 1.165) is 46.6 Å². The second-order valence-corrected chi connectivity index (χ2v) is 17.7. The van der Waals surface area contributed by atoms with Gasteiger partial charge in [-0.15, -0.1) is 0 Å². The maximum Gasteiger partial charge on any atom is 0.128 e. The largest absolute Gasteiger partial charge is 0.493 e. The van der Waals surface area contributed by atoms with Gasteiger partial charge in [-0.05, 0) is 136 Å². The number of benzene rings is 5. The van der Waals surface area contributed by atoms with E-state index in [4.69, 9.17) is 9.47 Å². The Hall–Kier alpha value is -5.10. The van der Waals surface area contributed by atoms with Crippen LogP contribution in [0.25, 0.3) is 22.3 Å². The Morgan fingerprint density at radius 1 is 0.383 bits per heavy atom. The summed E-state index contributed by atoms with van der Waals surface area (Å²) in [5.41, 5.74) is 9.62. The standard InChI is InChI=1S/C54H66N4O2/c1-3-5-7-15-37-59-53-39-52(42-23-27-46(28-24-42)58-50-35-31-48(32-36-50)56(58)44-19-13-10-14-20-44)54(60-38-16-8-6-4-2)40-51(53)41-21-25-45(26-22-41)57-49-33-29-47(30-34-49)55(57)43-17-11-9-12-18-43/h9-14,17-28,39-40,47-50H,3-8,15-16,29-38H2,1-2H3. The number of anilines is 4. The Labute approximate surface area is 360 Å². The van der Waals surface area contributed by atoms with Gasteiger partial charge < -0.3 is 9.47 Å². The zero-order valence-corrected chi connectivity index (χ0v) is 36.2. The van der Waals surface area contributed by atoms with Gasteiger partial charge in [0.05, 0.1) is 60.1 Å². The van der Waals surface area contributed by atoms with Gasteiger partial charge >= 0.3 is 0 Å². The Morgan fingerprint density at radius 3 is 1.02 bits per heavy atom. The molecule has 5 aromatic rings. The van der Waals surface area contributed by atoms with Crippen molar-refractivity contribution in [1.82, 2.24) is 0 Å². The number of rotatable bonds is 18. The summed E-state index contributed by atoms with van der Waals surface area (Å²) in [6.07, 6.45) is 19.4. The van der Waals surface area contributed by atoms with E-state index >= 15 is 0 Å². The molecule has 6 aliphatic rings. The molecule has 2 saturated carbocycles. The van der Waals surface area contributed by atoms with Crippen LogP contribution in [0, 0.1) is 0 Å². The molecule has 0 aromatic heterocycles. The maximum atomic E-state index is 6.80. The van der Waals surface area contributed by atoms with Gasteiger partial charge in [-0.2, -0.15) is 0 Å². The smallest absolute Gasteiger partial charge is 0.128 e. The fraction of sp³-hybridized carbons (Fsp3) is 0.444. The first-order chi connectivity index (χ1) is 29.7. The van der Waals surface area contributed by atoms with Crippen LogP contribution < -0.4 is 29.5 Å². The summed E-state index contributed by atoms with van der Waals surface area (Å²) in [5.74, 6) is 1.87. The highest BCUT2D eigenvalue weighted by molar-refractivity contribution is 5.82. The molecule has 0 amide bonds. The lowest BCUT2D eigenvalue weighted by molar-refractivity contribution is 0.284. The molecular formula is C54H66N4O2. The summed E-state index contributed by atoms with van der Waals surface area (Å²) in [4.78, 5) is 0. The number of fused-ring (bicyclic) bond motifs is 6. The molecule has 60 heavy (non-hydrogen) atoms. The summed E-state index contributed by atoms with van der Waals surface area (Å²) in [7, 11) is 0. The second-order valence-electron chi connectivity index (χ2n) is 17.7. The minimum atomic E-state index is 0.521. The highest BCUT2D eigenvalue weighted by Gasteiger charge is 2.42. The first kappa shape index (κ1) is 40.3. The normalized spacial score (nSPS) is 20.8. The van der Waals surface area contributed by atoms with E-state index in [0.29, 0.717) is 37.4 Å². The number of hydrazine groups is 2. The quantitative estimate of drug-likeness (QED) is 0.0821. The molecule has 6 heteroatoms. The Kier molecular flexibility index (Phi) is 12.8. The molecule has 4 saturated heterocycles. The Bertz CT molecular complexity index is 1940. The van der Waals surface area contributed by atoms with Gasteiger partial charge in [-0.1, -0.05) is 113 Å². The van der Waals surface area contributed by atoms with Crippen molar-refractivity contribution in [2.45, 2.75) is 141 Å². The topological polar surface area (TPSA) is 31.4 Å². The van der Waals surface area contributed by atoms with E-state index in [-0.39, 0.29) is 0 Å². The van der Waals surface area contributed by atoms with Crippen molar-refractivity contribution in [3.05, 3.63) is 121 Å². The average Bonchev–Trinajstić information content (AvgIpc) is 3.32. The van der Waals surface area contributed by atoms with E-state index in [1.54, 1.807) is 0 Å². The minimum absolute atomic E-state index is 0.521. The van der Waals surface area contributed by atoms with Gasteiger partial charge in [0.2, 0.25) is 0 Å². The molecule has 314 valence electrons. The van der Waals surface area contributed by atoms with Crippen molar-refractivity contribution in [3.8, 4) is 33.8 Å². The van der Waals surface area contributed by atoms with Gasteiger partial charge in [0.15, 0.2) is 0 Å². The van der Waals surface area contributed by atoms with Crippen LogP contribution in [0.1, 0.15) is 117 Å². The Morgan fingerprint density at radius 2 is 0.700 bits per heavy atom. The van der Waals surface area contributed by atoms with Crippen LogP contribution in [0.5, 0.6) is 11.5 Å². The lowest BCUT2D eigenvalue weighted by Gasteiger charge is -2.55. The van der Waals surface area contributed by atoms with Gasteiger partial charge in [-0.25, -0.2) is 0 Å². The molecule has 6 fully saturated rings. The minimum Gasteiger partial charge on any atom is -0.493 e. The number of nitrogens with zero attached hydrogens (tertiary/aromatic N) is 4. The van der Waals surface area contributed by atoms with E-state index < -0.39 is 0 Å². The van der Waals surface area contributed by atoms with Crippen LogP contribution >= 0.6 is 0 Å². The lowest BCUT2D eigenvalue weighted by atomic mass is 9.86. The molecule has 11 rings (SSSR count). The molecular weight excluding hydrogens is 737 g/mol. The van der Waals surface area contributed by atoms with Crippen LogP contribution in [0.15, 0.2) is 121 Å². The van der Waals surface area contributed by atoms with Crippen molar-refractivity contribution in [1.29, 1.82) is 0 Å². The molecule has 4 aliphatic heterocycles.